The fraction of sp³-hybridized carbons (Fsp3) is 0.692. The summed E-state index contributed by atoms with van der Waals surface area (Å²) in [7, 11) is 0. The maximum Gasteiger partial charge on any atom is 0.198 e. The molecule has 4 heteroatoms. The van der Waals surface area contributed by atoms with Gasteiger partial charge in [0.15, 0.2) is 11.6 Å². The lowest BCUT2D eigenvalue weighted by molar-refractivity contribution is 0.0849. The maximum absolute atomic E-state index is 12.0. The quantitative estimate of drug-likeness (QED) is 0.712. The number of ketones is 1. The van der Waals surface area contributed by atoms with Crippen LogP contribution in [0.4, 0.5) is 0 Å². The number of ether oxygens (including phenoxy) is 1. The third kappa shape index (κ3) is 3.16. The highest BCUT2D eigenvalue weighted by atomic mass is 16.5. The molecule has 94 valence electrons. The number of Topliss-reactive ketones (excluding diaryl/α,β-unsaturated/α-hetero) is 1. The summed E-state index contributed by atoms with van der Waals surface area (Å²) in [5.74, 6) is 0.740. The number of hydrogen-bond acceptors (Lipinski definition) is 3. The average Bonchev–Trinajstić information content (AvgIpc) is 2.97. The van der Waals surface area contributed by atoms with Gasteiger partial charge in [0.2, 0.25) is 0 Å². The van der Waals surface area contributed by atoms with E-state index in [4.69, 9.17) is 4.74 Å². The van der Waals surface area contributed by atoms with Crippen LogP contribution in [0.15, 0.2) is 12.4 Å². The largest absolute Gasteiger partial charge is 0.378 e. The molecule has 1 aromatic rings. The van der Waals surface area contributed by atoms with Gasteiger partial charge in [-0.1, -0.05) is 6.92 Å². The van der Waals surface area contributed by atoms with E-state index in [1.54, 1.807) is 6.20 Å². The summed E-state index contributed by atoms with van der Waals surface area (Å²) in [4.78, 5) is 16.2. The average molecular weight is 236 g/mol. The Balaban J connectivity index is 1.87. The van der Waals surface area contributed by atoms with E-state index in [9.17, 15) is 4.79 Å². The van der Waals surface area contributed by atoms with Crippen LogP contribution < -0.4 is 0 Å². The predicted octanol–water partition coefficient (Wildman–Crippen LogP) is 2.44. The minimum atomic E-state index is 0.138. The standard InChI is InChI=1S/C13H20N2O2/c1-2-8-15-9-7-14-13(15)12(16)6-5-11-4-3-10-17-11/h7,9,11H,2-6,8,10H2,1H3. The van der Waals surface area contributed by atoms with Crippen molar-refractivity contribution in [1.29, 1.82) is 0 Å². The third-order valence-electron chi connectivity index (χ3n) is 3.15. The summed E-state index contributed by atoms with van der Waals surface area (Å²) in [6.45, 7) is 3.81. The molecule has 2 heterocycles. The highest BCUT2D eigenvalue weighted by Crippen LogP contribution is 2.18. The monoisotopic (exact) mass is 236 g/mol. The molecule has 0 bridgehead atoms. The Labute approximate surface area is 102 Å². The first-order valence-corrected chi connectivity index (χ1v) is 6.47. The SMILES string of the molecule is CCCn1ccnc1C(=O)CCC1CCCO1. The van der Waals surface area contributed by atoms with Crippen molar-refractivity contribution < 1.29 is 9.53 Å². The summed E-state index contributed by atoms with van der Waals surface area (Å²) < 4.78 is 7.46. The highest BCUT2D eigenvalue weighted by Gasteiger charge is 2.19. The van der Waals surface area contributed by atoms with Crippen LogP contribution >= 0.6 is 0 Å². The van der Waals surface area contributed by atoms with Crippen LogP contribution in [-0.4, -0.2) is 28.0 Å². The molecule has 4 nitrogen and oxygen atoms in total. The molecule has 17 heavy (non-hydrogen) atoms. The Morgan fingerprint density at radius 2 is 2.53 bits per heavy atom. The minimum Gasteiger partial charge on any atom is -0.378 e. The lowest BCUT2D eigenvalue weighted by Gasteiger charge is -2.09. The number of hydrogen-bond donors (Lipinski definition) is 0. The van der Waals surface area contributed by atoms with E-state index in [2.05, 4.69) is 11.9 Å². The van der Waals surface area contributed by atoms with Crippen molar-refractivity contribution in [2.75, 3.05) is 6.61 Å². The molecule has 1 fully saturated rings. The minimum absolute atomic E-state index is 0.138. The highest BCUT2D eigenvalue weighted by molar-refractivity contribution is 5.92. The molecule has 0 radical (unpaired) electrons. The maximum atomic E-state index is 12.0. The second kappa shape index (κ2) is 5.96. The Morgan fingerprint density at radius 3 is 3.24 bits per heavy atom. The zero-order valence-corrected chi connectivity index (χ0v) is 10.4. The van der Waals surface area contributed by atoms with Crippen molar-refractivity contribution in [3.8, 4) is 0 Å². The van der Waals surface area contributed by atoms with Crippen molar-refractivity contribution in [3.63, 3.8) is 0 Å². The Morgan fingerprint density at radius 1 is 1.65 bits per heavy atom. The molecule has 1 aromatic heterocycles. The molecule has 0 saturated carbocycles. The molecule has 0 spiro atoms. The molecule has 1 aliphatic heterocycles. The number of aryl methyl sites for hydroxylation is 1. The molecule has 1 unspecified atom stereocenters. The summed E-state index contributed by atoms with van der Waals surface area (Å²) in [6, 6.07) is 0. The van der Waals surface area contributed by atoms with Crippen molar-refractivity contribution in [3.05, 3.63) is 18.2 Å². The predicted molar refractivity (Wildman–Crippen MR) is 65.1 cm³/mol. The van der Waals surface area contributed by atoms with Gasteiger partial charge < -0.3 is 9.30 Å². The first kappa shape index (κ1) is 12.3. The van der Waals surface area contributed by atoms with E-state index >= 15 is 0 Å². The number of imidazole rings is 1. The van der Waals surface area contributed by atoms with E-state index in [-0.39, 0.29) is 11.9 Å². The van der Waals surface area contributed by atoms with Crippen LogP contribution in [0.2, 0.25) is 0 Å². The second-order valence-corrected chi connectivity index (χ2v) is 4.54. The Kier molecular flexibility index (Phi) is 4.31. The molecule has 0 amide bonds. The fourth-order valence-corrected chi connectivity index (χ4v) is 2.26. The van der Waals surface area contributed by atoms with E-state index < -0.39 is 0 Å². The van der Waals surface area contributed by atoms with Gasteiger partial charge in [-0.2, -0.15) is 0 Å². The van der Waals surface area contributed by atoms with Crippen molar-refractivity contribution in [2.24, 2.45) is 0 Å². The number of rotatable bonds is 6. The lowest BCUT2D eigenvalue weighted by Crippen LogP contribution is -2.13. The zero-order valence-electron chi connectivity index (χ0n) is 10.4. The summed E-state index contributed by atoms with van der Waals surface area (Å²) in [5, 5.41) is 0. The molecule has 2 rings (SSSR count). The van der Waals surface area contributed by atoms with Gasteiger partial charge in [-0.15, -0.1) is 0 Å². The van der Waals surface area contributed by atoms with Crippen LogP contribution in [0.3, 0.4) is 0 Å². The van der Waals surface area contributed by atoms with Crippen molar-refractivity contribution >= 4 is 5.78 Å². The zero-order chi connectivity index (χ0) is 12.1. The molecule has 1 atom stereocenters. The van der Waals surface area contributed by atoms with Gasteiger partial charge in [0.05, 0.1) is 6.10 Å². The molecule has 0 aliphatic carbocycles. The molecule has 1 aliphatic rings. The second-order valence-electron chi connectivity index (χ2n) is 4.54. The topological polar surface area (TPSA) is 44.1 Å². The van der Waals surface area contributed by atoms with Crippen molar-refractivity contribution in [2.45, 2.75) is 51.7 Å². The normalized spacial score (nSPS) is 19.7. The van der Waals surface area contributed by atoms with Crippen molar-refractivity contribution in [1.82, 2.24) is 9.55 Å². The fourth-order valence-electron chi connectivity index (χ4n) is 2.26. The van der Waals surface area contributed by atoms with Crippen LogP contribution in [0.5, 0.6) is 0 Å². The summed E-state index contributed by atoms with van der Waals surface area (Å²) in [5.41, 5.74) is 0. The smallest absolute Gasteiger partial charge is 0.198 e. The van der Waals surface area contributed by atoms with E-state index in [1.165, 1.54) is 0 Å². The van der Waals surface area contributed by atoms with Gasteiger partial charge in [0.1, 0.15) is 0 Å². The molecule has 0 N–H and O–H groups in total. The Hall–Kier alpha value is -1.16. The van der Waals surface area contributed by atoms with E-state index in [1.807, 2.05) is 10.8 Å². The lowest BCUT2D eigenvalue weighted by atomic mass is 10.1. The molecule has 0 aromatic carbocycles. The van der Waals surface area contributed by atoms with E-state index in [0.717, 1.165) is 38.8 Å². The number of carbonyl (C=O) groups is 1. The van der Waals surface area contributed by atoms with Gasteiger partial charge in [0, 0.05) is 32.0 Å². The summed E-state index contributed by atoms with van der Waals surface area (Å²) in [6.07, 6.45) is 8.48. The molecular formula is C13H20N2O2. The number of aromatic nitrogens is 2. The summed E-state index contributed by atoms with van der Waals surface area (Å²) >= 11 is 0. The first-order chi connectivity index (χ1) is 8.31. The van der Waals surface area contributed by atoms with Crippen LogP contribution in [0, 0.1) is 0 Å². The third-order valence-corrected chi connectivity index (χ3v) is 3.15. The Bertz CT molecular complexity index is 367. The van der Waals surface area contributed by atoms with Crippen LogP contribution in [0.1, 0.15) is 49.6 Å². The van der Waals surface area contributed by atoms with Gasteiger partial charge in [-0.05, 0) is 25.7 Å². The molecule has 1 saturated heterocycles. The van der Waals surface area contributed by atoms with E-state index in [0.29, 0.717) is 12.2 Å². The molecular weight excluding hydrogens is 216 g/mol. The van der Waals surface area contributed by atoms with Crippen LogP contribution in [-0.2, 0) is 11.3 Å². The number of carbonyl (C=O) groups excluding carboxylic acids is 1. The first-order valence-electron chi connectivity index (χ1n) is 6.47. The number of nitrogens with zero attached hydrogens (tertiary/aromatic N) is 2. The van der Waals surface area contributed by atoms with Gasteiger partial charge in [-0.25, -0.2) is 4.98 Å². The van der Waals surface area contributed by atoms with Crippen LogP contribution in [0.25, 0.3) is 0 Å². The van der Waals surface area contributed by atoms with Gasteiger partial charge in [0.25, 0.3) is 0 Å². The van der Waals surface area contributed by atoms with Gasteiger partial charge >= 0.3 is 0 Å². The van der Waals surface area contributed by atoms with Gasteiger partial charge in [-0.3, -0.25) is 4.79 Å².